The first-order valence-corrected chi connectivity index (χ1v) is 12.6. The number of para-hydroxylation sites is 1. The largest absolute Gasteiger partial charge is 0.438 e. The van der Waals surface area contributed by atoms with Crippen molar-refractivity contribution in [3.8, 4) is 17.7 Å². The lowest BCUT2D eigenvalue weighted by atomic mass is 9.90. The molecule has 1 aliphatic rings. The van der Waals surface area contributed by atoms with Gasteiger partial charge in [-0.15, -0.1) is 0 Å². The summed E-state index contributed by atoms with van der Waals surface area (Å²) in [5, 5.41) is 8.84. The van der Waals surface area contributed by atoms with Gasteiger partial charge in [0.2, 0.25) is 5.88 Å². The molecule has 0 saturated carbocycles. The average Bonchev–Trinajstić information content (AvgIpc) is 3.11. The number of benzene rings is 1. The lowest BCUT2D eigenvalue weighted by molar-refractivity contribution is 0.0981. The minimum Gasteiger partial charge on any atom is -0.438 e. The molecule has 10 heteroatoms. The Kier molecular flexibility index (Phi) is 6.45. The quantitative estimate of drug-likeness (QED) is 0.551. The third-order valence-corrected chi connectivity index (χ3v) is 7.63. The van der Waals surface area contributed by atoms with Crippen molar-refractivity contribution in [2.24, 2.45) is 5.92 Å². The van der Waals surface area contributed by atoms with E-state index in [1.54, 1.807) is 42.6 Å². The highest BCUT2D eigenvalue weighted by molar-refractivity contribution is 7.90. The molecule has 1 atom stereocenters. The number of ether oxygens (including phenoxy) is 1. The zero-order valence-electron chi connectivity index (χ0n) is 19.6. The normalized spacial score (nSPS) is 17.0. The molecule has 4 rings (SSSR count). The Labute approximate surface area is 204 Å². The number of hydrogen-bond acceptors (Lipinski definition) is 8. The van der Waals surface area contributed by atoms with Crippen molar-refractivity contribution in [3.05, 3.63) is 71.9 Å². The number of nitrogens with one attached hydrogen (secondary N) is 1. The van der Waals surface area contributed by atoms with Gasteiger partial charge in [-0.05, 0) is 56.5 Å². The van der Waals surface area contributed by atoms with Crippen LogP contribution in [0.4, 0.5) is 5.82 Å². The Morgan fingerprint density at radius 1 is 1.17 bits per heavy atom. The molecule has 3 aromatic rings. The molecule has 1 aliphatic heterocycles. The minimum atomic E-state index is -4.32. The summed E-state index contributed by atoms with van der Waals surface area (Å²) in [7, 11) is -4.32. The molecule has 3 heterocycles. The maximum Gasteiger partial charge on any atom is 0.281 e. The third-order valence-electron chi connectivity index (χ3n) is 6.40. The van der Waals surface area contributed by atoms with E-state index in [0.29, 0.717) is 18.3 Å². The van der Waals surface area contributed by atoms with Crippen molar-refractivity contribution < 1.29 is 17.9 Å². The first kappa shape index (κ1) is 24.2. The van der Waals surface area contributed by atoms with Gasteiger partial charge in [0.15, 0.2) is 5.03 Å². The zero-order valence-corrected chi connectivity index (χ0v) is 20.4. The van der Waals surface area contributed by atoms with E-state index < -0.39 is 21.0 Å². The lowest BCUT2D eigenvalue weighted by Crippen LogP contribution is -2.43. The standard InChI is InChI=1S/C25H25N5O4S/c1-17-13-15-30(25(17,2)3)23-19(9-7-14-27-23)24(31)29-35(32,33)22-12-6-11-21(28-22)34-20-10-5-4-8-18(20)16-26/h4-12,14,17H,13,15H2,1-3H3,(H,29,31). The fourth-order valence-electron chi connectivity index (χ4n) is 3.99. The fraction of sp³-hybridized carbons (Fsp3) is 0.280. The average molecular weight is 492 g/mol. The second kappa shape index (κ2) is 9.35. The topological polar surface area (TPSA) is 125 Å². The number of amides is 1. The molecular formula is C25H25N5O4S. The smallest absolute Gasteiger partial charge is 0.281 e. The molecule has 180 valence electrons. The first-order valence-electron chi connectivity index (χ1n) is 11.1. The molecule has 1 fully saturated rings. The molecule has 0 radical (unpaired) electrons. The zero-order chi connectivity index (χ0) is 25.2. The second-order valence-electron chi connectivity index (χ2n) is 8.83. The van der Waals surface area contributed by atoms with Crippen LogP contribution in [-0.2, 0) is 10.0 Å². The molecular weight excluding hydrogens is 466 g/mol. The minimum absolute atomic E-state index is 0.0297. The molecule has 35 heavy (non-hydrogen) atoms. The van der Waals surface area contributed by atoms with Crippen molar-refractivity contribution in [1.29, 1.82) is 5.26 Å². The number of anilines is 1. The predicted octanol–water partition coefficient (Wildman–Crippen LogP) is 3.88. The molecule has 1 aromatic carbocycles. The molecule has 1 amide bonds. The first-order chi connectivity index (χ1) is 16.6. The molecule has 1 unspecified atom stereocenters. The van der Waals surface area contributed by atoms with Crippen molar-refractivity contribution >= 4 is 21.7 Å². The molecule has 0 aliphatic carbocycles. The van der Waals surface area contributed by atoms with Gasteiger partial charge < -0.3 is 9.64 Å². The van der Waals surface area contributed by atoms with Crippen LogP contribution >= 0.6 is 0 Å². The van der Waals surface area contributed by atoms with Crippen LogP contribution < -0.4 is 14.4 Å². The summed E-state index contributed by atoms with van der Waals surface area (Å²) in [5.41, 5.74) is 0.197. The monoisotopic (exact) mass is 491 g/mol. The molecule has 0 bridgehead atoms. The predicted molar refractivity (Wildman–Crippen MR) is 130 cm³/mol. The molecule has 2 aromatic heterocycles. The Balaban J connectivity index is 1.59. The van der Waals surface area contributed by atoms with Crippen LogP contribution in [0.25, 0.3) is 0 Å². The van der Waals surface area contributed by atoms with Gasteiger partial charge in [0, 0.05) is 24.3 Å². The Hall–Kier alpha value is -3.97. The number of aromatic nitrogens is 2. The van der Waals surface area contributed by atoms with Gasteiger partial charge in [-0.25, -0.2) is 9.71 Å². The highest BCUT2D eigenvalue weighted by Crippen LogP contribution is 2.38. The van der Waals surface area contributed by atoms with E-state index in [0.717, 1.165) is 6.42 Å². The van der Waals surface area contributed by atoms with E-state index in [1.165, 1.54) is 18.2 Å². The summed E-state index contributed by atoms with van der Waals surface area (Å²) in [5.74, 6) is 0.225. The van der Waals surface area contributed by atoms with E-state index in [1.807, 2.05) is 11.0 Å². The number of rotatable bonds is 6. The molecule has 1 saturated heterocycles. The van der Waals surface area contributed by atoms with Crippen LogP contribution in [0, 0.1) is 17.2 Å². The number of nitrogens with zero attached hydrogens (tertiary/aromatic N) is 4. The number of carbonyl (C=O) groups is 1. The van der Waals surface area contributed by atoms with Gasteiger partial charge in [0.1, 0.15) is 17.6 Å². The van der Waals surface area contributed by atoms with Gasteiger partial charge in [0.05, 0.1) is 11.1 Å². The second-order valence-corrected chi connectivity index (χ2v) is 10.5. The van der Waals surface area contributed by atoms with Crippen molar-refractivity contribution in [1.82, 2.24) is 14.7 Å². The summed E-state index contributed by atoms with van der Waals surface area (Å²) in [6.45, 7) is 7.02. The van der Waals surface area contributed by atoms with Gasteiger partial charge in [0.25, 0.3) is 15.9 Å². The summed E-state index contributed by atoms with van der Waals surface area (Å²) in [4.78, 5) is 23.6. The third kappa shape index (κ3) is 4.81. The van der Waals surface area contributed by atoms with Crippen molar-refractivity contribution in [2.45, 2.75) is 37.8 Å². The van der Waals surface area contributed by atoms with E-state index in [9.17, 15) is 18.5 Å². The van der Waals surface area contributed by atoms with Gasteiger partial charge in [-0.2, -0.15) is 18.7 Å². The summed E-state index contributed by atoms with van der Waals surface area (Å²) >= 11 is 0. The number of hydrogen-bond donors (Lipinski definition) is 1. The van der Waals surface area contributed by atoms with Crippen molar-refractivity contribution in [2.75, 3.05) is 11.4 Å². The van der Waals surface area contributed by atoms with Crippen LogP contribution in [0.3, 0.4) is 0 Å². The summed E-state index contributed by atoms with van der Waals surface area (Å²) < 4.78 is 33.8. The molecule has 0 spiro atoms. The van der Waals surface area contributed by atoms with Gasteiger partial charge in [-0.1, -0.05) is 25.1 Å². The summed E-state index contributed by atoms with van der Waals surface area (Å²) in [6, 6.07) is 15.8. The van der Waals surface area contributed by atoms with E-state index in [4.69, 9.17) is 4.74 Å². The number of carbonyl (C=O) groups excluding carboxylic acids is 1. The maximum atomic E-state index is 13.1. The van der Waals surface area contributed by atoms with Crippen molar-refractivity contribution in [3.63, 3.8) is 0 Å². The van der Waals surface area contributed by atoms with E-state index in [2.05, 4.69) is 35.5 Å². The highest BCUT2D eigenvalue weighted by atomic mass is 32.2. The summed E-state index contributed by atoms with van der Waals surface area (Å²) in [6.07, 6.45) is 2.52. The van der Waals surface area contributed by atoms with Gasteiger partial charge in [-0.3, -0.25) is 4.79 Å². The number of sulfonamides is 1. The Morgan fingerprint density at radius 2 is 1.94 bits per heavy atom. The molecule has 9 nitrogen and oxygen atoms in total. The van der Waals surface area contributed by atoms with Crippen LogP contribution in [0.2, 0.25) is 0 Å². The van der Waals surface area contributed by atoms with Crippen LogP contribution in [0.5, 0.6) is 11.6 Å². The maximum absolute atomic E-state index is 13.1. The van der Waals surface area contributed by atoms with Crippen LogP contribution in [0.1, 0.15) is 43.1 Å². The fourth-order valence-corrected chi connectivity index (χ4v) is 4.92. The Morgan fingerprint density at radius 3 is 2.66 bits per heavy atom. The highest BCUT2D eigenvalue weighted by Gasteiger charge is 2.40. The number of pyridine rings is 2. The lowest BCUT2D eigenvalue weighted by Gasteiger charge is -2.36. The van der Waals surface area contributed by atoms with Crippen LogP contribution in [0.15, 0.2) is 65.8 Å². The van der Waals surface area contributed by atoms with E-state index >= 15 is 0 Å². The Bertz CT molecular complexity index is 1420. The SMILES string of the molecule is CC1CCN(c2ncccc2C(=O)NS(=O)(=O)c2cccc(Oc3ccccc3C#N)n2)C1(C)C. The van der Waals surface area contributed by atoms with Gasteiger partial charge >= 0.3 is 0 Å². The van der Waals surface area contributed by atoms with Crippen LogP contribution in [-0.4, -0.2) is 36.4 Å². The van der Waals surface area contributed by atoms with E-state index in [-0.39, 0.29) is 28.3 Å². The molecule has 1 N–H and O–H groups in total. The number of nitriles is 1.